The Kier molecular flexibility index (Phi) is 4.55. The third-order valence-electron chi connectivity index (χ3n) is 3.99. The Morgan fingerprint density at radius 2 is 1.90 bits per heavy atom. The van der Waals surface area contributed by atoms with Gasteiger partial charge in [0, 0.05) is 17.9 Å². The molecule has 112 valence electrons. The largest absolute Gasteiger partial charge is 0.399 e. The molecule has 0 bridgehead atoms. The monoisotopic (exact) mass is 297 g/mol. The van der Waals surface area contributed by atoms with Gasteiger partial charge in [-0.15, -0.1) is 0 Å². The Morgan fingerprint density at radius 3 is 2.50 bits per heavy atom. The molecule has 0 saturated heterocycles. The number of hydrogen-bond donors (Lipinski definition) is 3. The summed E-state index contributed by atoms with van der Waals surface area (Å²) in [4.78, 5) is 0.101. The summed E-state index contributed by atoms with van der Waals surface area (Å²) in [5, 5.41) is 8.56. The first-order chi connectivity index (χ1) is 9.38. The zero-order valence-electron chi connectivity index (χ0n) is 11.9. The van der Waals surface area contributed by atoms with Crippen LogP contribution in [0.1, 0.15) is 37.7 Å². The molecule has 0 radical (unpaired) electrons. The lowest BCUT2D eigenvalue weighted by atomic mass is 9.89. The zero-order chi connectivity index (χ0) is 14.8. The normalized spacial score (nSPS) is 17.1. The number of anilines is 2. The molecule has 5 nitrogen and oxygen atoms in total. The molecule has 2 rings (SSSR count). The lowest BCUT2D eigenvalue weighted by Crippen LogP contribution is -2.19. The first-order valence-electron chi connectivity index (χ1n) is 7.04. The van der Waals surface area contributed by atoms with E-state index in [0.29, 0.717) is 17.2 Å². The van der Waals surface area contributed by atoms with Gasteiger partial charge in [0.25, 0.3) is 0 Å². The molecule has 0 spiro atoms. The molecule has 5 N–H and O–H groups in total. The molecule has 1 fully saturated rings. The molecule has 1 aliphatic rings. The number of nitrogens with one attached hydrogen (secondary N) is 1. The van der Waals surface area contributed by atoms with E-state index in [2.05, 4.69) is 5.32 Å². The molecule has 1 saturated carbocycles. The first-order valence-corrected chi connectivity index (χ1v) is 8.59. The lowest BCUT2D eigenvalue weighted by Gasteiger charge is -2.23. The summed E-state index contributed by atoms with van der Waals surface area (Å²) < 4.78 is 23.1. The van der Waals surface area contributed by atoms with Crippen molar-refractivity contribution in [2.24, 2.45) is 11.1 Å². The molecular weight excluding hydrogens is 274 g/mol. The summed E-state index contributed by atoms with van der Waals surface area (Å²) in [6, 6.07) is 3.18. The van der Waals surface area contributed by atoms with Crippen molar-refractivity contribution in [1.29, 1.82) is 0 Å². The molecule has 0 amide bonds. The van der Waals surface area contributed by atoms with Gasteiger partial charge in [0.05, 0.1) is 4.90 Å². The van der Waals surface area contributed by atoms with E-state index in [1.54, 1.807) is 13.0 Å². The van der Waals surface area contributed by atoms with Gasteiger partial charge in [0.2, 0.25) is 10.0 Å². The van der Waals surface area contributed by atoms with Crippen molar-refractivity contribution in [2.75, 3.05) is 17.6 Å². The van der Waals surface area contributed by atoms with Gasteiger partial charge >= 0.3 is 0 Å². The second-order valence-corrected chi connectivity index (χ2v) is 7.15. The molecule has 1 aromatic rings. The Labute approximate surface area is 120 Å². The smallest absolute Gasteiger partial charge is 0.238 e. The van der Waals surface area contributed by atoms with Gasteiger partial charge < -0.3 is 11.1 Å². The van der Waals surface area contributed by atoms with Crippen LogP contribution in [0.3, 0.4) is 0 Å². The SMILES string of the molecule is Cc1c(NCC2CCCCC2)cc(N)cc1S(N)(=O)=O. The van der Waals surface area contributed by atoms with Gasteiger partial charge in [0.15, 0.2) is 0 Å². The average Bonchev–Trinajstić information content (AvgIpc) is 2.39. The van der Waals surface area contributed by atoms with Crippen LogP contribution in [-0.2, 0) is 10.0 Å². The van der Waals surface area contributed by atoms with Gasteiger partial charge in [-0.3, -0.25) is 0 Å². The van der Waals surface area contributed by atoms with Crippen molar-refractivity contribution < 1.29 is 8.42 Å². The van der Waals surface area contributed by atoms with Crippen molar-refractivity contribution in [2.45, 2.75) is 43.9 Å². The minimum absolute atomic E-state index is 0.101. The highest BCUT2D eigenvalue weighted by Gasteiger charge is 2.17. The molecule has 20 heavy (non-hydrogen) atoms. The molecule has 0 aromatic heterocycles. The molecule has 0 unspecified atom stereocenters. The van der Waals surface area contributed by atoms with E-state index in [0.717, 1.165) is 12.2 Å². The average molecular weight is 297 g/mol. The summed E-state index contributed by atoms with van der Waals surface area (Å²) >= 11 is 0. The van der Waals surface area contributed by atoms with Crippen LogP contribution in [0, 0.1) is 12.8 Å². The fraction of sp³-hybridized carbons (Fsp3) is 0.571. The van der Waals surface area contributed by atoms with Crippen LogP contribution in [0.25, 0.3) is 0 Å². The van der Waals surface area contributed by atoms with Crippen molar-refractivity contribution in [3.05, 3.63) is 17.7 Å². The van der Waals surface area contributed by atoms with E-state index in [1.807, 2.05) is 0 Å². The van der Waals surface area contributed by atoms with Crippen LogP contribution in [0.4, 0.5) is 11.4 Å². The maximum Gasteiger partial charge on any atom is 0.238 e. The van der Waals surface area contributed by atoms with Gasteiger partial charge in [-0.1, -0.05) is 19.3 Å². The number of nitrogens with two attached hydrogens (primary N) is 2. The standard InChI is InChI=1S/C14H23N3O2S/c1-10-13(17-9-11-5-3-2-4-6-11)7-12(15)8-14(10)20(16,18)19/h7-8,11,17H,2-6,9,15H2,1H3,(H2,16,18,19). The minimum Gasteiger partial charge on any atom is -0.399 e. The highest BCUT2D eigenvalue weighted by Crippen LogP contribution is 2.28. The maximum atomic E-state index is 11.6. The fourth-order valence-corrected chi connectivity index (χ4v) is 3.67. The van der Waals surface area contributed by atoms with E-state index in [-0.39, 0.29) is 4.90 Å². The summed E-state index contributed by atoms with van der Waals surface area (Å²) in [5.41, 5.74) is 7.58. The Hall–Kier alpha value is -1.27. The number of nitrogen functional groups attached to an aromatic ring is 1. The van der Waals surface area contributed by atoms with Gasteiger partial charge in [-0.2, -0.15) is 0 Å². The summed E-state index contributed by atoms with van der Waals surface area (Å²) in [7, 11) is -3.74. The predicted octanol–water partition coefficient (Wildman–Crippen LogP) is 2.22. The van der Waals surface area contributed by atoms with Crippen LogP contribution in [0.2, 0.25) is 0 Å². The van der Waals surface area contributed by atoms with Crippen LogP contribution < -0.4 is 16.2 Å². The first kappa shape index (κ1) is 15.1. The third-order valence-corrected chi connectivity index (χ3v) is 5.03. The summed E-state index contributed by atoms with van der Waals surface area (Å²) in [5.74, 6) is 0.655. The quantitative estimate of drug-likeness (QED) is 0.742. The van der Waals surface area contributed by atoms with E-state index in [1.165, 1.54) is 38.2 Å². The second kappa shape index (κ2) is 6.01. The van der Waals surface area contributed by atoms with E-state index in [4.69, 9.17) is 10.9 Å². The van der Waals surface area contributed by atoms with E-state index in [9.17, 15) is 8.42 Å². The Balaban J connectivity index is 2.17. The number of rotatable bonds is 4. The summed E-state index contributed by atoms with van der Waals surface area (Å²) in [6.07, 6.45) is 6.35. The Bertz CT molecular complexity index is 578. The molecule has 0 aliphatic heterocycles. The van der Waals surface area contributed by atoms with Gasteiger partial charge in [-0.05, 0) is 43.4 Å². The van der Waals surface area contributed by atoms with Crippen molar-refractivity contribution in [3.63, 3.8) is 0 Å². The van der Waals surface area contributed by atoms with Gasteiger partial charge in [0.1, 0.15) is 0 Å². The number of sulfonamides is 1. The summed E-state index contributed by atoms with van der Waals surface area (Å²) in [6.45, 7) is 2.61. The zero-order valence-corrected chi connectivity index (χ0v) is 12.7. The van der Waals surface area contributed by atoms with E-state index < -0.39 is 10.0 Å². The molecule has 6 heteroatoms. The number of hydrogen-bond acceptors (Lipinski definition) is 4. The minimum atomic E-state index is -3.74. The van der Waals surface area contributed by atoms with Gasteiger partial charge in [-0.25, -0.2) is 13.6 Å². The van der Waals surface area contributed by atoms with Crippen LogP contribution in [0.15, 0.2) is 17.0 Å². The van der Waals surface area contributed by atoms with Crippen molar-refractivity contribution in [3.8, 4) is 0 Å². The predicted molar refractivity (Wildman–Crippen MR) is 82.0 cm³/mol. The topological polar surface area (TPSA) is 98.2 Å². The van der Waals surface area contributed by atoms with Crippen molar-refractivity contribution in [1.82, 2.24) is 0 Å². The van der Waals surface area contributed by atoms with Crippen molar-refractivity contribution >= 4 is 21.4 Å². The second-order valence-electron chi connectivity index (χ2n) is 5.62. The molecule has 0 heterocycles. The highest BCUT2D eigenvalue weighted by molar-refractivity contribution is 7.89. The molecule has 1 aromatic carbocycles. The molecular formula is C14H23N3O2S. The molecule has 0 atom stereocenters. The third kappa shape index (κ3) is 3.64. The number of primary sulfonamides is 1. The number of benzene rings is 1. The fourth-order valence-electron chi connectivity index (χ4n) is 2.83. The highest BCUT2D eigenvalue weighted by atomic mass is 32.2. The molecule has 1 aliphatic carbocycles. The van der Waals surface area contributed by atoms with Crippen LogP contribution in [-0.4, -0.2) is 15.0 Å². The van der Waals surface area contributed by atoms with Crippen LogP contribution >= 0.6 is 0 Å². The van der Waals surface area contributed by atoms with Crippen LogP contribution in [0.5, 0.6) is 0 Å². The van der Waals surface area contributed by atoms with E-state index >= 15 is 0 Å². The maximum absolute atomic E-state index is 11.6. The Morgan fingerprint density at radius 1 is 1.25 bits per heavy atom. The lowest BCUT2D eigenvalue weighted by molar-refractivity contribution is 0.373.